The number of hydrogen-bond donors (Lipinski definition) is 1. The smallest absolute Gasteiger partial charge is 0.240 e. The average Bonchev–Trinajstić information content (AvgIpc) is 2.94. The van der Waals surface area contributed by atoms with Crippen molar-refractivity contribution in [2.45, 2.75) is 11.8 Å². The maximum atomic E-state index is 12.0. The lowest BCUT2D eigenvalue weighted by molar-refractivity contribution is 0.101. The molecular weight excluding hydrogens is 314 g/mol. The minimum atomic E-state index is -3.57. The first-order valence-corrected chi connectivity index (χ1v) is 8.43. The summed E-state index contributed by atoms with van der Waals surface area (Å²) in [7, 11) is -2.21. The molecule has 3 aromatic rings. The van der Waals surface area contributed by atoms with Gasteiger partial charge < -0.3 is 4.40 Å². The van der Waals surface area contributed by atoms with Crippen molar-refractivity contribution < 1.29 is 13.2 Å². The Balaban J connectivity index is 2.35. The number of hydrogen-bond acceptors (Lipinski definition) is 4. The molecule has 0 radical (unpaired) electrons. The lowest BCUT2D eigenvalue weighted by Gasteiger charge is -2.06. The SMILES string of the molecule is CNS(=O)(=O)c1ccn2c(C(C)=O)cc(-c3ccccn3)c2c1. The molecule has 0 atom stereocenters. The predicted octanol–water partition coefficient (Wildman–Crippen LogP) is 2.11. The number of nitrogens with zero attached hydrogens (tertiary/aromatic N) is 2. The Morgan fingerprint density at radius 3 is 2.61 bits per heavy atom. The molecule has 0 spiro atoms. The number of rotatable bonds is 4. The first-order chi connectivity index (χ1) is 10.9. The van der Waals surface area contributed by atoms with Gasteiger partial charge in [-0.2, -0.15) is 0 Å². The normalized spacial score (nSPS) is 11.7. The molecule has 0 aliphatic carbocycles. The molecule has 0 aromatic carbocycles. The van der Waals surface area contributed by atoms with Crippen molar-refractivity contribution in [3.63, 3.8) is 0 Å². The van der Waals surface area contributed by atoms with E-state index in [1.807, 2.05) is 12.1 Å². The number of Topliss-reactive ketones (excluding diaryl/α,β-unsaturated/α-hetero) is 1. The number of fused-ring (bicyclic) bond motifs is 1. The summed E-state index contributed by atoms with van der Waals surface area (Å²) in [6.07, 6.45) is 3.24. The second-order valence-corrected chi connectivity index (χ2v) is 6.93. The Morgan fingerprint density at radius 2 is 2.00 bits per heavy atom. The number of nitrogens with one attached hydrogen (secondary N) is 1. The van der Waals surface area contributed by atoms with Gasteiger partial charge >= 0.3 is 0 Å². The number of carbonyl (C=O) groups is 1. The van der Waals surface area contributed by atoms with E-state index in [-0.39, 0.29) is 10.7 Å². The lowest BCUT2D eigenvalue weighted by atomic mass is 10.1. The lowest BCUT2D eigenvalue weighted by Crippen LogP contribution is -2.18. The van der Waals surface area contributed by atoms with Crippen molar-refractivity contribution in [2.75, 3.05) is 7.05 Å². The molecule has 0 saturated carbocycles. The zero-order valence-corrected chi connectivity index (χ0v) is 13.5. The van der Waals surface area contributed by atoms with Gasteiger partial charge in [0.15, 0.2) is 5.78 Å². The van der Waals surface area contributed by atoms with Gasteiger partial charge in [-0.25, -0.2) is 13.1 Å². The van der Waals surface area contributed by atoms with E-state index < -0.39 is 10.0 Å². The van der Waals surface area contributed by atoms with Crippen LogP contribution in [0.3, 0.4) is 0 Å². The first kappa shape index (κ1) is 15.4. The highest BCUT2D eigenvalue weighted by molar-refractivity contribution is 7.89. The van der Waals surface area contributed by atoms with E-state index in [2.05, 4.69) is 9.71 Å². The van der Waals surface area contributed by atoms with Gasteiger partial charge in [-0.15, -0.1) is 0 Å². The predicted molar refractivity (Wildman–Crippen MR) is 86.9 cm³/mol. The molecule has 3 heterocycles. The molecule has 6 nitrogen and oxygen atoms in total. The molecule has 0 aliphatic rings. The van der Waals surface area contributed by atoms with Crippen LogP contribution in [0.5, 0.6) is 0 Å². The minimum Gasteiger partial charge on any atom is -0.313 e. The highest BCUT2D eigenvalue weighted by Crippen LogP contribution is 2.28. The van der Waals surface area contributed by atoms with Crippen molar-refractivity contribution in [1.82, 2.24) is 14.1 Å². The monoisotopic (exact) mass is 329 g/mol. The van der Waals surface area contributed by atoms with E-state index in [0.717, 1.165) is 0 Å². The van der Waals surface area contributed by atoms with E-state index in [9.17, 15) is 13.2 Å². The third-order valence-electron chi connectivity index (χ3n) is 3.62. The molecule has 1 N–H and O–H groups in total. The molecule has 0 amide bonds. The van der Waals surface area contributed by atoms with E-state index in [1.54, 1.807) is 35.0 Å². The highest BCUT2D eigenvalue weighted by Gasteiger charge is 2.18. The quantitative estimate of drug-likeness (QED) is 0.743. The molecule has 7 heteroatoms. The van der Waals surface area contributed by atoms with E-state index >= 15 is 0 Å². The zero-order chi connectivity index (χ0) is 16.6. The van der Waals surface area contributed by atoms with E-state index in [0.29, 0.717) is 22.5 Å². The Morgan fingerprint density at radius 1 is 1.22 bits per heavy atom. The fourth-order valence-corrected chi connectivity index (χ4v) is 3.20. The molecule has 0 fully saturated rings. The average molecular weight is 329 g/mol. The molecule has 0 bridgehead atoms. The van der Waals surface area contributed by atoms with Crippen LogP contribution in [0.1, 0.15) is 17.4 Å². The van der Waals surface area contributed by atoms with Gasteiger partial charge in [0.2, 0.25) is 10.0 Å². The topological polar surface area (TPSA) is 80.5 Å². The van der Waals surface area contributed by atoms with Crippen molar-refractivity contribution in [3.05, 3.63) is 54.5 Å². The maximum absolute atomic E-state index is 12.0. The van der Waals surface area contributed by atoms with Gasteiger partial charge in [-0.05, 0) is 37.4 Å². The second-order valence-electron chi connectivity index (χ2n) is 5.04. The minimum absolute atomic E-state index is 0.105. The third kappa shape index (κ3) is 2.64. The number of carbonyl (C=O) groups excluding carboxylic acids is 1. The molecule has 0 unspecified atom stereocenters. The summed E-state index contributed by atoms with van der Waals surface area (Å²) in [5.41, 5.74) is 2.49. The molecule has 0 aliphatic heterocycles. The van der Waals surface area contributed by atoms with E-state index in [1.165, 1.54) is 20.0 Å². The molecule has 3 aromatic heterocycles. The van der Waals surface area contributed by atoms with Crippen LogP contribution < -0.4 is 4.72 Å². The van der Waals surface area contributed by atoms with Crippen molar-refractivity contribution in [3.8, 4) is 11.3 Å². The van der Waals surface area contributed by atoms with Crippen LogP contribution in [0.25, 0.3) is 16.8 Å². The van der Waals surface area contributed by atoms with Crippen LogP contribution in [0.4, 0.5) is 0 Å². The summed E-state index contributed by atoms with van der Waals surface area (Å²) in [5.74, 6) is -0.105. The van der Waals surface area contributed by atoms with Crippen molar-refractivity contribution in [1.29, 1.82) is 0 Å². The molecule has 23 heavy (non-hydrogen) atoms. The Bertz CT molecular complexity index is 992. The summed E-state index contributed by atoms with van der Waals surface area (Å²) >= 11 is 0. The Hall–Kier alpha value is -2.51. The van der Waals surface area contributed by atoms with Crippen LogP contribution >= 0.6 is 0 Å². The molecule has 0 saturated heterocycles. The molecule has 118 valence electrons. The third-order valence-corrected chi connectivity index (χ3v) is 5.04. The zero-order valence-electron chi connectivity index (χ0n) is 12.6. The number of aromatic nitrogens is 2. The van der Waals surface area contributed by atoms with Crippen LogP contribution in [0.15, 0.2) is 53.7 Å². The summed E-state index contributed by atoms with van der Waals surface area (Å²) in [5, 5.41) is 0. The standard InChI is InChI=1S/C16H15N3O3S/c1-11(20)15-10-13(14-5-3-4-7-18-14)16-9-12(6-8-19(15)16)23(21,22)17-2/h3-10,17H,1-2H3. The van der Waals surface area contributed by atoms with Gasteiger partial charge in [0.1, 0.15) is 0 Å². The van der Waals surface area contributed by atoms with Crippen molar-refractivity contribution >= 4 is 21.3 Å². The second kappa shape index (κ2) is 5.60. The number of pyridine rings is 2. The van der Waals surface area contributed by atoms with Crippen LogP contribution in [0.2, 0.25) is 0 Å². The number of sulfonamides is 1. The van der Waals surface area contributed by atoms with Crippen molar-refractivity contribution in [2.24, 2.45) is 0 Å². The fourth-order valence-electron chi connectivity index (χ4n) is 2.46. The number of ketones is 1. The highest BCUT2D eigenvalue weighted by atomic mass is 32.2. The fraction of sp³-hybridized carbons (Fsp3) is 0.125. The van der Waals surface area contributed by atoms with Crippen LogP contribution in [0, 0.1) is 0 Å². The Kier molecular flexibility index (Phi) is 3.75. The van der Waals surface area contributed by atoms with Crippen LogP contribution in [-0.4, -0.2) is 30.6 Å². The molecule has 3 rings (SSSR count). The molecular formula is C16H15N3O3S. The summed E-state index contributed by atoms with van der Waals surface area (Å²) in [6, 6.07) is 10.2. The largest absolute Gasteiger partial charge is 0.313 e. The van der Waals surface area contributed by atoms with Gasteiger partial charge in [0.25, 0.3) is 0 Å². The first-order valence-electron chi connectivity index (χ1n) is 6.95. The van der Waals surface area contributed by atoms with E-state index in [4.69, 9.17) is 0 Å². The summed E-state index contributed by atoms with van der Waals surface area (Å²) in [6.45, 7) is 1.47. The Labute approximate surface area is 133 Å². The van der Waals surface area contributed by atoms with Gasteiger partial charge in [0, 0.05) is 24.9 Å². The summed E-state index contributed by atoms with van der Waals surface area (Å²) < 4.78 is 28.0. The maximum Gasteiger partial charge on any atom is 0.240 e. The van der Waals surface area contributed by atoms with Crippen LogP contribution in [-0.2, 0) is 10.0 Å². The van der Waals surface area contributed by atoms with Gasteiger partial charge in [-0.1, -0.05) is 6.07 Å². The summed E-state index contributed by atoms with van der Waals surface area (Å²) in [4.78, 5) is 16.3. The van der Waals surface area contributed by atoms with Gasteiger partial charge in [0.05, 0.1) is 21.8 Å². The van der Waals surface area contributed by atoms with Gasteiger partial charge in [-0.3, -0.25) is 9.78 Å².